The molecule has 2 fully saturated rings. The van der Waals surface area contributed by atoms with Crippen LogP contribution in [0, 0.1) is 5.92 Å². The fourth-order valence-corrected chi connectivity index (χ4v) is 5.54. The van der Waals surface area contributed by atoms with E-state index >= 15 is 0 Å². The van der Waals surface area contributed by atoms with Gasteiger partial charge in [-0.15, -0.1) is 6.58 Å². The van der Waals surface area contributed by atoms with Crippen molar-refractivity contribution in [1.82, 2.24) is 4.90 Å². The van der Waals surface area contributed by atoms with Crippen molar-refractivity contribution in [1.29, 1.82) is 0 Å². The van der Waals surface area contributed by atoms with Crippen LogP contribution in [0.2, 0.25) is 0 Å². The number of piperidine rings is 1. The van der Waals surface area contributed by atoms with Crippen LogP contribution in [-0.4, -0.2) is 31.1 Å². The number of benzene rings is 2. The first kappa shape index (κ1) is 18.3. The van der Waals surface area contributed by atoms with E-state index in [1.807, 2.05) is 0 Å². The van der Waals surface area contributed by atoms with Crippen LogP contribution in [0.5, 0.6) is 5.75 Å². The summed E-state index contributed by atoms with van der Waals surface area (Å²) in [5, 5.41) is 0. The first-order valence-corrected chi connectivity index (χ1v) is 10.3. The van der Waals surface area contributed by atoms with Gasteiger partial charge in [-0.1, -0.05) is 55.0 Å². The molecule has 0 aromatic heterocycles. The Morgan fingerprint density at radius 1 is 1.15 bits per heavy atom. The molecule has 1 heterocycles. The van der Waals surface area contributed by atoms with E-state index in [1.54, 1.807) is 7.11 Å². The van der Waals surface area contributed by atoms with E-state index in [1.165, 1.54) is 43.4 Å². The molecule has 0 radical (unpaired) electrons. The van der Waals surface area contributed by atoms with Crippen molar-refractivity contribution in [3.8, 4) is 5.75 Å². The summed E-state index contributed by atoms with van der Waals surface area (Å²) in [4.78, 5) is 2.73. The van der Waals surface area contributed by atoms with Gasteiger partial charge in [-0.3, -0.25) is 4.90 Å². The Bertz CT molecular complexity index is 771. The lowest BCUT2D eigenvalue weighted by Gasteiger charge is -2.56. The number of methoxy groups -OCH3 is 1. The van der Waals surface area contributed by atoms with Gasteiger partial charge in [0.2, 0.25) is 0 Å². The fourth-order valence-electron chi connectivity index (χ4n) is 5.54. The third-order valence-electron chi connectivity index (χ3n) is 6.92. The van der Waals surface area contributed by atoms with E-state index in [0.717, 1.165) is 18.7 Å². The number of hydrogen-bond acceptors (Lipinski definition) is 2. The standard InChI is InChI=1S/C25H31NO/c1-3-23-24-13-8-15-25(23,21-11-7-12-22(19-21)27-2)16-18-26(24)17-14-20-9-5-4-6-10-20/h3-7,9-12,19,23-24H,1,8,13-18H2,2H3/t23-,24+,25+/m1/s1. The third kappa shape index (κ3) is 3.43. The van der Waals surface area contributed by atoms with Crippen LogP contribution in [-0.2, 0) is 11.8 Å². The number of rotatable bonds is 6. The minimum Gasteiger partial charge on any atom is -0.497 e. The molecule has 1 aliphatic heterocycles. The summed E-state index contributed by atoms with van der Waals surface area (Å²) in [5.41, 5.74) is 3.11. The van der Waals surface area contributed by atoms with Crippen LogP contribution in [0.1, 0.15) is 36.8 Å². The highest BCUT2D eigenvalue weighted by molar-refractivity contribution is 5.37. The molecule has 1 aliphatic carbocycles. The summed E-state index contributed by atoms with van der Waals surface area (Å²) in [5.74, 6) is 1.49. The smallest absolute Gasteiger partial charge is 0.119 e. The van der Waals surface area contributed by atoms with Crippen LogP contribution in [0.4, 0.5) is 0 Å². The molecule has 0 N–H and O–H groups in total. The molecule has 2 aliphatic rings. The summed E-state index contributed by atoms with van der Waals surface area (Å²) in [6.07, 6.45) is 8.44. The highest BCUT2D eigenvalue weighted by Gasteiger charge is 2.50. The number of nitrogens with zero attached hydrogens (tertiary/aromatic N) is 1. The molecule has 2 aromatic rings. The lowest BCUT2D eigenvalue weighted by molar-refractivity contribution is 0.0115. The van der Waals surface area contributed by atoms with Crippen molar-refractivity contribution in [2.45, 2.75) is 43.6 Å². The van der Waals surface area contributed by atoms with Gasteiger partial charge in [0.15, 0.2) is 0 Å². The highest BCUT2D eigenvalue weighted by Crippen LogP contribution is 2.51. The van der Waals surface area contributed by atoms with Crippen molar-refractivity contribution in [2.24, 2.45) is 5.92 Å². The predicted molar refractivity (Wildman–Crippen MR) is 112 cm³/mol. The molecule has 0 amide bonds. The van der Waals surface area contributed by atoms with E-state index in [9.17, 15) is 0 Å². The summed E-state index contributed by atoms with van der Waals surface area (Å²) in [6, 6.07) is 20.3. The zero-order valence-corrected chi connectivity index (χ0v) is 16.4. The molecule has 0 unspecified atom stereocenters. The number of ether oxygens (including phenoxy) is 1. The van der Waals surface area contributed by atoms with Gasteiger partial charge in [-0.25, -0.2) is 0 Å². The minimum atomic E-state index is 0.225. The van der Waals surface area contributed by atoms with Gasteiger partial charge in [0.25, 0.3) is 0 Å². The molecule has 0 spiro atoms. The maximum Gasteiger partial charge on any atom is 0.119 e. The molecule has 142 valence electrons. The average molecular weight is 362 g/mol. The van der Waals surface area contributed by atoms with E-state index in [2.05, 4.69) is 72.2 Å². The Morgan fingerprint density at radius 3 is 2.78 bits per heavy atom. The van der Waals surface area contributed by atoms with E-state index in [-0.39, 0.29) is 5.41 Å². The second-order valence-electron chi connectivity index (χ2n) is 8.13. The summed E-state index contributed by atoms with van der Waals surface area (Å²) in [6.45, 7) is 6.60. The quantitative estimate of drug-likeness (QED) is 0.653. The normalized spacial score (nSPS) is 27.9. The molecule has 2 bridgehead atoms. The van der Waals surface area contributed by atoms with Crippen molar-refractivity contribution in [3.63, 3.8) is 0 Å². The zero-order chi connectivity index (χ0) is 18.7. The van der Waals surface area contributed by atoms with Crippen molar-refractivity contribution in [2.75, 3.05) is 20.2 Å². The second-order valence-corrected chi connectivity index (χ2v) is 8.13. The second kappa shape index (κ2) is 7.90. The maximum atomic E-state index is 5.52. The van der Waals surface area contributed by atoms with Crippen molar-refractivity contribution < 1.29 is 4.74 Å². The monoisotopic (exact) mass is 361 g/mol. The van der Waals surface area contributed by atoms with Gasteiger partial charge < -0.3 is 4.74 Å². The minimum absolute atomic E-state index is 0.225. The van der Waals surface area contributed by atoms with Crippen LogP contribution in [0.15, 0.2) is 67.3 Å². The average Bonchev–Trinajstić information content (AvgIpc) is 2.73. The summed E-state index contributed by atoms with van der Waals surface area (Å²) >= 11 is 0. The molecule has 1 saturated carbocycles. The van der Waals surface area contributed by atoms with E-state index in [0.29, 0.717) is 12.0 Å². The Labute approximate surface area is 163 Å². The molecule has 1 saturated heterocycles. The molecular weight excluding hydrogens is 330 g/mol. The Kier molecular flexibility index (Phi) is 5.36. The van der Waals surface area contributed by atoms with E-state index < -0.39 is 0 Å². The predicted octanol–water partition coefficient (Wildman–Crippen LogP) is 5.24. The first-order chi connectivity index (χ1) is 13.3. The van der Waals surface area contributed by atoms with Gasteiger partial charge in [0, 0.05) is 23.9 Å². The molecule has 3 atom stereocenters. The van der Waals surface area contributed by atoms with Gasteiger partial charge >= 0.3 is 0 Å². The molecule has 2 nitrogen and oxygen atoms in total. The summed E-state index contributed by atoms with van der Waals surface area (Å²) in [7, 11) is 1.76. The summed E-state index contributed by atoms with van der Waals surface area (Å²) < 4.78 is 5.52. The lowest BCUT2D eigenvalue weighted by atomic mass is 9.57. The van der Waals surface area contributed by atoms with Crippen LogP contribution in [0.3, 0.4) is 0 Å². The van der Waals surface area contributed by atoms with Crippen molar-refractivity contribution in [3.05, 3.63) is 78.4 Å². The highest BCUT2D eigenvalue weighted by atomic mass is 16.5. The molecule has 4 rings (SSSR count). The lowest BCUT2D eigenvalue weighted by Crippen LogP contribution is -2.58. The van der Waals surface area contributed by atoms with Gasteiger partial charge in [-0.05, 0) is 55.5 Å². The van der Waals surface area contributed by atoms with E-state index in [4.69, 9.17) is 4.74 Å². The molecular formula is C25H31NO. The van der Waals surface area contributed by atoms with Gasteiger partial charge in [-0.2, -0.15) is 0 Å². The largest absolute Gasteiger partial charge is 0.497 e. The number of fused-ring (bicyclic) bond motifs is 2. The van der Waals surface area contributed by atoms with Gasteiger partial charge in [0.1, 0.15) is 5.75 Å². The fraction of sp³-hybridized carbons (Fsp3) is 0.440. The first-order valence-electron chi connectivity index (χ1n) is 10.3. The SMILES string of the molecule is C=C[C@@H]1[C@@H]2CCC[C@@]1(c1cccc(OC)c1)CCN2CCc1ccccc1. The topological polar surface area (TPSA) is 12.5 Å². The van der Waals surface area contributed by atoms with Crippen LogP contribution in [0.25, 0.3) is 0 Å². The Morgan fingerprint density at radius 2 is 2.00 bits per heavy atom. The third-order valence-corrected chi connectivity index (χ3v) is 6.92. The Hall–Kier alpha value is -2.06. The number of hydrogen-bond donors (Lipinski definition) is 0. The van der Waals surface area contributed by atoms with Gasteiger partial charge in [0.05, 0.1) is 7.11 Å². The molecule has 27 heavy (non-hydrogen) atoms. The molecule has 2 aromatic carbocycles. The molecule has 2 heteroatoms. The Balaban J connectivity index is 1.57. The maximum absolute atomic E-state index is 5.52. The zero-order valence-electron chi connectivity index (χ0n) is 16.4. The van der Waals surface area contributed by atoms with Crippen LogP contribution < -0.4 is 4.74 Å². The van der Waals surface area contributed by atoms with Crippen molar-refractivity contribution >= 4 is 0 Å². The van der Waals surface area contributed by atoms with Crippen LogP contribution >= 0.6 is 0 Å². The number of likely N-dealkylation sites (tertiary alicyclic amines) is 1.